The second kappa shape index (κ2) is 40.4. The van der Waals surface area contributed by atoms with Crippen LogP contribution in [0.2, 0.25) is 0 Å². The number of nitrogens with one attached hydrogen (secondary N) is 8. The van der Waals surface area contributed by atoms with E-state index in [0.717, 1.165) is 12.5 Å². The van der Waals surface area contributed by atoms with Gasteiger partial charge in [-0.3, -0.25) is 52.7 Å². The minimum absolute atomic E-state index is 0.0195. The first-order valence-corrected chi connectivity index (χ1v) is 29.9. The second-order valence-corrected chi connectivity index (χ2v) is 23.0. The Kier molecular flexibility index (Phi) is 36.2. The van der Waals surface area contributed by atoms with Gasteiger partial charge in [0.15, 0.2) is 0 Å². The van der Waals surface area contributed by atoms with Crippen LogP contribution in [-0.4, -0.2) is 183 Å². The van der Waals surface area contributed by atoms with E-state index in [9.17, 15) is 63.0 Å². The van der Waals surface area contributed by atoms with Crippen LogP contribution in [0.25, 0.3) is 0 Å². The van der Waals surface area contributed by atoms with Gasteiger partial charge in [-0.25, -0.2) is 4.79 Å². The standard InChI is InChI=1S/C55H93N13O13S.C2H4O2/c1-30(2)26-39(50(75)61-38(21-22-43(59)70)49(74)65-41(29-82)52(77)66-44(32(5)6)55(80)81)64-48(73)36(18-11-13-23-56)60-47(72)37(19-12-14-24-57)62-53(78)42-20-15-25-68(42)54(79)45(33(7)69)67-51(76)40(27-31(3)4)63-46(71)35(58)28-34-16-9-8-10-17-34;1-2(3)4/h8-10,16-17,30-33,35-42,44-45,69,82H,11-15,18-29,56-58H2,1-7H3,(H2,59,70)(H,60,72)(H,61,75)(H,62,78)(H,63,71)(H,64,73)(H,65,74)(H,66,77)(H,67,76)(H,80,81);1H3,(H,3,4). The Labute approximate surface area is 509 Å². The van der Waals surface area contributed by atoms with Crippen molar-refractivity contribution in [3.8, 4) is 0 Å². The molecule has 0 aromatic heterocycles. The normalized spacial score (nSPS) is 16.4. The van der Waals surface area contributed by atoms with Gasteiger partial charge in [0, 0.05) is 25.6 Å². The summed E-state index contributed by atoms with van der Waals surface area (Å²) in [6, 6.07) is -3.80. The van der Waals surface area contributed by atoms with E-state index in [1.165, 1.54) is 11.8 Å². The Morgan fingerprint density at radius 3 is 1.45 bits per heavy atom. The van der Waals surface area contributed by atoms with Crippen LogP contribution < -0.4 is 65.5 Å². The first kappa shape index (κ1) is 77.1. The SMILES string of the molecule is CC(=O)O.CC(C)CC(NC(=O)C(N)Cc1ccccc1)C(=O)NC(C(=O)N1CCCC1C(=O)NC(CCCCN)C(=O)NC(CCCCN)C(=O)NC(CC(C)C)C(=O)NC(CCC(N)=O)C(=O)NC(CS)C(=O)NC(C(=O)O)C(C)C)C(C)O. The molecule has 0 spiro atoms. The highest BCUT2D eigenvalue weighted by molar-refractivity contribution is 7.80. The summed E-state index contributed by atoms with van der Waals surface area (Å²) in [5.74, 6) is -11.2. The van der Waals surface area contributed by atoms with Gasteiger partial charge in [-0.15, -0.1) is 0 Å². The van der Waals surface area contributed by atoms with Gasteiger partial charge in [-0.05, 0) is 120 Å². The summed E-state index contributed by atoms with van der Waals surface area (Å²) >= 11 is 4.15. The molecule has 29 heteroatoms. The third-order valence-electron chi connectivity index (χ3n) is 13.7. The number of benzene rings is 1. The number of aliphatic hydroxyl groups is 1. The quantitative estimate of drug-likeness (QED) is 0.0256. The van der Waals surface area contributed by atoms with Crippen molar-refractivity contribution in [2.75, 3.05) is 25.4 Å². The fraction of sp³-hybridized carbons (Fsp3) is 0.684. The molecule has 86 heavy (non-hydrogen) atoms. The zero-order valence-corrected chi connectivity index (χ0v) is 51.8. The van der Waals surface area contributed by atoms with E-state index in [0.29, 0.717) is 32.1 Å². The average molecular weight is 1240 g/mol. The summed E-state index contributed by atoms with van der Waals surface area (Å²) in [4.78, 5) is 159. The molecular formula is C57H97N13O15S. The zero-order chi connectivity index (χ0) is 65.4. The molecule has 1 fully saturated rings. The average Bonchev–Trinajstić information content (AvgIpc) is 2.35. The van der Waals surface area contributed by atoms with Gasteiger partial charge in [0.1, 0.15) is 54.4 Å². The molecule has 10 amide bonds. The molecule has 1 heterocycles. The van der Waals surface area contributed by atoms with Crippen molar-refractivity contribution in [3.05, 3.63) is 35.9 Å². The minimum atomic E-state index is -1.55. The van der Waals surface area contributed by atoms with Gasteiger partial charge < -0.3 is 85.7 Å². The number of hydrogen-bond acceptors (Lipinski definition) is 17. The molecule has 0 radical (unpaired) electrons. The van der Waals surface area contributed by atoms with E-state index in [-0.39, 0.29) is 88.6 Å². The van der Waals surface area contributed by atoms with Crippen molar-refractivity contribution in [1.29, 1.82) is 0 Å². The van der Waals surface area contributed by atoms with Crippen LogP contribution in [0, 0.1) is 17.8 Å². The first-order valence-electron chi connectivity index (χ1n) is 29.3. The topological polar surface area (TPSA) is 469 Å². The van der Waals surface area contributed by atoms with Crippen LogP contribution in [-0.2, 0) is 64.0 Å². The van der Waals surface area contributed by atoms with E-state index in [1.807, 2.05) is 44.2 Å². The number of aliphatic hydroxyl groups excluding tert-OH is 1. The molecule has 0 bridgehead atoms. The number of nitrogens with two attached hydrogens (primary N) is 4. The maximum atomic E-state index is 14.4. The molecule has 11 atom stereocenters. The summed E-state index contributed by atoms with van der Waals surface area (Å²) < 4.78 is 0. The predicted octanol–water partition coefficient (Wildman–Crippen LogP) is -1.82. The number of unbranched alkanes of at least 4 members (excludes halogenated alkanes) is 2. The molecule has 0 aliphatic carbocycles. The molecule has 28 nitrogen and oxygen atoms in total. The van der Waals surface area contributed by atoms with E-state index in [1.54, 1.807) is 27.7 Å². The largest absolute Gasteiger partial charge is 0.481 e. The summed E-state index contributed by atoms with van der Waals surface area (Å²) in [5, 5.41) is 48.8. The highest BCUT2D eigenvalue weighted by atomic mass is 32.1. The van der Waals surface area contributed by atoms with E-state index in [4.69, 9.17) is 32.8 Å². The van der Waals surface area contributed by atoms with Crippen molar-refractivity contribution in [2.45, 2.75) is 205 Å². The van der Waals surface area contributed by atoms with E-state index in [2.05, 4.69) is 55.2 Å². The van der Waals surface area contributed by atoms with Gasteiger partial charge >= 0.3 is 5.97 Å². The summed E-state index contributed by atoms with van der Waals surface area (Å²) in [7, 11) is 0. The van der Waals surface area contributed by atoms with Crippen molar-refractivity contribution >= 4 is 83.6 Å². The van der Waals surface area contributed by atoms with Crippen LogP contribution in [0.3, 0.4) is 0 Å². The Bertz CT molecular complexity index is 2380. The number of primary amides is 1. The van der Waals surface area contributed by atoms with E-state index < -0.39 is 143 Å². The lowest BCUT2D eigenvalue weighted by molar-refractivity contribution is -0.144. The van der Waals surface area contributed by atoms with Gasteiger partial charge in [0.05, 0.1) is 12.1 Å². The summed E-state index contributed by atoms with van der Waals surface area (Å²) in [6.45, 7) is 13.3. The second-order valence-electron chi connectivity index (χ2n) is 22.7. The van der Waals surface area contributed by atoms with Crippen molar-refractivity contribution in [2.24, 2.45) is 40.7 Å². The number of carboxylic acids is 2. The molecule has 1 aliphatic rings. The number of carbonyl (C=O) groups is 12. The first-order chi connectivity index (χ1) is 40.4. The number of hydrogen-bond donors (Lipinski definition) is 16. The maximum Gasteiger partial charge on any atom is 0.326 e. The molecule has 1 saturated heterocycles. The Morgan fingerprint density at radius 2 is 1.01 bits per heavy atom. The number of rotatable bonds is 38. The van der Waals surface area contributed by atoms with Crippen LogP contribution in [0.15, 0.2) is 30.3 Å². The number of carboxylic acid groups (broad SMARTS) is 2. The number of likely N-dealkylation sites (tertiary alicyclic amines) is 1. The van der Waals surface area contributed by atoms with Crippen molar-refractivity contribution in [1.82, 2.24) is 47.4 Å². The smallest absolute Gasteiger partial charge is 0.326 e. The molecule has 11 unspecified atom stereocenters. The zero-order valence-electron chi connectivity index (χ0n) is 50.9. The van der Waals surface area contributed by atoms with Crippen molar-refractivity contribution in [3.63, 3.8) is 0 Å². The summed E-state index contributed by atoms with van der Waals surface area (Å²) in [6.07, 6.45) is 0.417. The summed E-state index contributed by atoms with van der Waals surface area (Å²) in [5.41, 5.74) is 24.0. The lowest BCUT2D eigenvalue weighted by atomic mass is 10.00. The van der Waals surface area contributed by atoms with Crippen LogP contribution in [0.5, 0.6) is 0 Å². The highest BCUT2D eigenvalue weighted by Crippen LogP contribution is 2.21. The van der Waals surface area contributed by atoms with E-state index >= 15 is 0 Å². The number of aliphatic carboxylic acids is 2. The molecule has 0 saturated carbocycles. The molecule has 2 rings (SSSR count). The van der Waals surface area contributed by atoms with Crippen molar-refractivity contribution < 1.29 is 72.9 Å². The molecule has 486 valence electrons. The fourth-order valence-corrected chi connectivity index (χ4v) is 9.42. The highest BCUT2D eigenvalue weighted by Gasteiger charge is 2.42. The molecule has 1 aliphatic heterocycles. The number of thiol groups is 1. The van der Waals surface area contributed by atoms with Gasteiger partial charge in [0.2, 0.25) is 59.1 Å². The van der Waals surface area contributed by atoms with Gasteiger partial charge in [-0.1, -0.05) is 71.9 Å². The Hall–Kier alpha value is -6.95. The molecular weight excluding hydrogens is 1140 g/mol. The Balaban J connectivity index is 0.00000894. The molecule has 1 aromatic rings. The lowest BCUT2D eigenvalue weighted by Crippen LogP contribution is -2.61. The number of carbonyl (C=O) groups excluding carboxylic acids is 10. The maximum absolute atomic E-state index is 14.4. The third-order valence-corrected chi connectivity index (χ3v) is 14.1. The molecule has 19 N–H and O–H groups in total. The van der Waals surface area contributed by atoms with Crippen LogP contribution in [0.4, 0.5) is 0 Å². The third kappa shape index (κ3) is 29.0. The lowest BCUT2D eigenvalue weighted by Gasteiger charge is -2.32. The number of nitrogens with zero attached hydrogens (tertiary/aromatic N) is 1. The van der Waals surface area contributed by atoms with Gasteiger partial charge in [-0.2, -0.15) is 12.6 Å². The fourth-order valence-electron chi connectivity index (χ4n) is 9.17. The van der Waals surface area contributed by atoms with Crippen LogP contribution in [0.1, 0.15) is 138 Å². The van der Waals surface area contributed by atoms with Gasteiger partial charge in [0.25, 0.3) is 5.97 Å². The Morgan fingerprint density at radius 1 is 0.593 bits per heavy atom. The number of amides is 10. The monoisotopic (exact) mass is 1240 g/mol. The minimum Gasteiger partial charge on any atom is -0.481 e. The van der Waals surface area contributed by atoms with Crippen LogP contribution >= 0.6 is 12.6 Å². The molecule has 1 aromatic carbocycles. The predicted molar refractivity (Wildman–Crippen MR) is 323 cm³/mol.